The van der Waals surface area contributed by atoms with E-state index in [4.69, 9.17) is 0 Å². The zero-order valence-corrected chi connectivity index (χ0v) is 18.9. The molecular weight excluding hydrogens is 520 g/mol. The molecule has 1 fully saturated rings. The fraction of sp³-hybridized carbons (Fsp3) is 0.429. The van der Waals surface area contributed by atoms with Crippen LogP contribution in [-0.2, 0) is 18.9 Å². The maximum Gasteiger partial charge on any atom is 0.416 e. The summed E-state index contributed by atoms with van der Waals surface area (Å²) in [7, 11) is 0. The van der Waals surface area contributed by atoms with Gasteiger partial charge in [0.2, 0.25) is 0 Å². The summed E-state index contributed by atoms with van der Waals surface area (Å²) in [5, 5.41) is 9.50. The van der Waals surface area contributed by atoms with Gasteiger partial charge in [-0.25, -0.2) is 9.78 Å². The molecule has 1 aliphatic rings. The number of anilines is 1. The van der Waals surface area contributed by atoms with Gasteiger partial charge in [-0.05, 0) is 64.7 Å². The van der Waals surface area contributed by atoms with Crippen molar-refractivity contribution < 1.29 is 36.2 Å². The highest BCUT2D eigenvalue weighted by Gasteiger charge is 2.39. The van der Waals surface area contributed by atoms with E-state index < -0.39 is 35.6 Å². The number of benzene rings is 1. The number of carbonyl (C=O) groups is 1. The molecule has 0 radical (unpaired) electrons. The number of nitrogens with zero attached hydrogens (tertiary/aromatic N) is 3. The molecule has 2 atom stereocenters. The van der Waals surface area contributed by atoms with Crippen molar-refractivity contribution in [1.29, 1.82) is 0 Å². The first kappa shape index (κ1) is 25.1. The Morgan fingerprint density at radius 1 is 1.15 bits per heavy atom. The summed E-state index contributed by atoms with van der Waals surface area (Å²) in [6.07, 6.45) is -8.71. The van der Waals surface area contributed by atoms with Crippen molar-refractivity contribution in [1.82, 2.24) is 9.88 Å². The predicted molar refractivity (Wildman–Crippen MR) is 112 cm³/mol. The van der Waals surface area contributed by atoms with Gasteiger partial charge in [-0.1, -0.05) is 6.92 Å². The topological polar surface area (TPSA) is 56.7 Å². The van der Waals surface area contributed by atoms with E-state index in [2.05, 4.69) is 20.9 Å². The van der Waals surface area contributed by atoms with Gasteiger partial charge in [0, 0.05) is 29.8 Å². The molecule has 0 spiro atoms. The molecule has 0 saturated carbocycles. The van der Waals surface area contributed by atoms with Crippen LogP contribution in [0.4, 0.5) is 37.0 Å². The first-order valence-electron chi connectivity index (χ1n) is 9.95. The molecule has 1 aliphatic heterocycles. The van der Waals surface area contributed by atoms with Crippen LogP contribution in [0, 0.1) is 0 Å². The number of likely N-dealkylation sites (tertiary alicyclic amines) is 1. The van der Waals surface area contributed by atoms with Crippen molar-refractivity contribution in [3.8, 4) is 0 Å². The molecule has 12 heteroatoms. The van der Waals surface area contributed by atoms with E-state index in [0.717, 1.165) is 0 Å². The summed E-state index contributed by atoms with van der Waals surface area (Å²) in [6.45, 7) is 1.56. The van der Waals surface area contributed by atoms with Crippen LogP contribution in [0.1, 0.15) is 36.5 Å². The number of aromatic nitrogens is 1. The number of alkyl halides is 6. The largest absolute Gasteiger partial charge is 0.465 e. The van der Waals surface area contributed by atoms with Crippen molar-refractivity contribution in [2.45, 2.75) is 50.7 Å². The van der Waals surface area contributed by atoms with Crippen molar-refractivity contribution in [2.75, 3.05) is 11.4 Å². The lowest BCUT2D eigenvalue weighted by molar-refractivity contribution is -0.143. The van der Waals surface area contributed by atoms with Crippen molar-refractivity contribution >= 4 is 27.8 Å². The van der Waals surface area contributed by atoms with Gasteiger partial charge in [-0.3, -0.25) is 0 Å². The van der Waals surface area contributed by atoms with Crippen LogP contribution in [0.2, 0.25) is 0 Å². The monoisotopic (exact) mass is 539 g/mol. The highest BCUT2D eigenvalue weighted by molar-refractivity contribution is 9.10. The second-order valence-corrected chi connectivity index (χ2v) is 8.68. The Kier molecular flexibility index (Phi) is 7.15. The third-order valence-corrected chi connectivity index (χ3v) is 6.03. The normalized spacial score (nSPS) is 19.1. The minimum atomic E-state index is -4.96. The quantitative estimate of drug-likeness (QED) is 0.445. The summed E-state index contributed by atoms with van der Waals surface area (Å²) in [4.78, 5) is 18.7. The Morgan fingerprint density at radius 3 is 2.18 bits per heavy atom. The molecule has 5 nitrogen and oxygen atoms in total. The zero-order chi connectivity index (χ0) is 24.6. The molecule has 2 aromatic rings. The maximum atomic E-state index is 13.3. The van der Waals surface area contributed by atoms with Crippen LogP contribution in [0.25, 0.3) is 0 Å². The van der Waals surface area contributed by atoms with E-state index >= 15 is 0 Å². The van der Waals surface area contributed by atoms with Gasteiger partial charge < -0.3 is 14.9 Å². The highest BCUT2D eigenvalue weighted by Crippen LogP contribution is 2.37. The Bertz CT molecular complexity index is 965. The van der Waals surface area contributed by atoms with Crippen LogP contribution >= 0.6 is 15.9 Å². The van der Waals surface area contributed by atoms with Gasteiger partial charge in [0.15, 0.2) is 0 Å². The molecule has 1 saturated heterocycles. The SMILES string of the molecule is CC[C@@H]1C[C@H](N(Cc2cc(C(F)(F)F)cc(C(F)(F)F)c2)c2ccc(Br)cn2)CN1C(=O)O. The number of halogens is 7. The first-order valence-corrected chi connectivity index (χ1v) is 10.7. The number of pyridine rings is 1. The molecule has 1 N–H and O–H groups in total. The average Bonchev–Trinajstić information content (AvgIpc) is 3.16. The summed E-state index contributed by atoms with van der Waals surface area (Å²) in [5.41, 5.74) is -3.01. The minimum Gasteiger partial charge on any atom is -0.465 e. The van der Waals surface area contributed by atoms with Crippen LogP contribution in [0.5, 0.6) is 0 Å². The Labute approximate surface area is 194 Å². The first-order chi connectivity index (χ1) is 15.3. The van der Waals surface area contributed by atoms with Gasteiger partial charge in [0.05, 0.1) is 17.2 Å². The second-order valence-electron chi connectivity index (χ2n) is 7.76. The van der Waals surface area contributed by atoms with Gasteiger partial charge in [0.1, 0.15) is 5.82 Å². The van der Waals surface area contributed by atoms with Crippen LogP contribution in [-0.4, -0.2) is 39.7 Å². The summed E-state index contributed by atoms with van der Waals surface area (Å²) >= 11 is 3.24. The van der Waals surface area contributed by atoms with E-state index in [0.29, 0.717) is 35.3 Å². The Hall–Kier alpha value is -2.50. The lowest BCUT2D eigenvalue weighted by Crippen LogP contribution is -2.39. The van der Waals surface area contributed by atoms with Gasteiger partial charge in [-0.2, -0.15) is 26.3 Å². The van der Waals surface area contributed by atoms with Gasteiger partial charge >= 0.3 is 18.4 Å². The molecule has 1 amide bonds. The zero-order valence-electron chi connectivity index (χ0n) is 17.3. The summed E-state index contributed by atoms with van der Waals surface area (Å²) in [5.74, 6) is 0.316. The fourth-order valence-electron chi connectivity index (χ4n) is 3.98. The molecule has 33 heavy (non-hydrogen) atoms. The van der Waals surface area contributed by atoms with E-state index in [1.807, 2.05) is 6.92 Å². The molecular formula is C21H20BrF6N3O2. The maximum absolute atomic E-state index is 13.3. The lowest BCUT2D eigenvalue weighted by atomic mass is 10.0. The minimum absolute atomic E-state index is 0.0523. The molecule has 3 rings (SSSR count). The third kappa shape index (κ3) is 5.90. The van der Waals surface area contributed by atoms with Crippen molar-refractivity contribution in [3.63, 3.8) is 0 Å². The second kappa shape index (κ2) is 9.40. The standard InChI is InChI=1S/C21H20BrF6N3O2/c1-2-16-8-17(11-31(16)19(32)33)30(18-4-3-15(22)9-29-18)10-12-5-13(20(23,24)25)7-14(6-12)21(26,27)28/h3-7,9,16-17H,2,8,10-11H2,1H3,(H,32,33)/t16-,17+/m1/s1. The third-order valence-electron chi connectivity index (χ3n) is 5.56. The highest BCUT2D eigenvalue weighted by atomic mass is 79.9. The van der Waals surface area contributed by atoms with Crippen molar-refractivity contribution in [2.24, 2.45) is 0 Å². The molecule has 1 aromatic heterocycles. The van der Waals surface area contributed by atoms with Gasteiger partial charge in [0.25, 0.3) is 0 Å². The summed E-state index contributed by atoms with van der Waals surface area (Å²) < 4.78 is 80.5. The van der Waals surface area contributed by atoms with E-state index in [-0.39, 0.29) is 30.8 Å². The van der Waals surface area contributed by atoms with Crippen LogP contribution < -0.4 is 4.90 Å². The summed E-state index contributed by atoms with van der Waals surface area (Å²) in [6, 6.07) is 3.86. The molecule has 1 aromatic carbocycles. The van der Waals surface area contributed by atoms with Crippen LogP contribution in [0.15, 0.2) is 41.0 Å². The fourth-order valence-corrected chi connectivity index (χ4v) is 4.22. The van der Waals surface area contributed by atoms with Gasteiger partial charge in [-0.15, -0.1) is 0 Å². The predicted octanol–water partition coefficient (Wildman–Crippen LogP) is 6.42. The average molecular weight is 540 g/mol. The Balaban J connectivity index is 2.04. The number of hydrogen-bond donors (Lipinski definition) is 1. The van der Waals surface area contributed by atoms with E-state index in [9.17, 15) is 36.2 Å². The molecule has 0 unspecified atom stereocenters. The van der Waals surface area contributed by atoms with Crippen LogP contribution in [0.3, 0.4) is 0 Å². The number of amides is 1. The molecule has 0 aliphatic carbocycles. The number of hydrogen-bond acceptors (Lipinski definition) is 3. The molecule has 180 valence electrons. The molecule has 2 heterocycles. The Morgan fingerprint density at radius 2 is 1.76 bits per heavy atom. The van der Waals surface area contributed by atoms with E-state index in [1.165, 1.54) is 11.1 Å². The van der Waals surface area contributed by atoms with Crippen molar-refractivity contribution in [3.05, 3.63) is 57.7 Å². The molecule has 0 bridgehead atoms. The van der Waals surface area contributed by atoms with E-state index in [1.54, 1.807) is 17.0 Å². The number of rotatable bonds is 5. The number of carboxylic acid groups (broad SMARTS) is 1. The lowest BCUT2D eigenvalue weighted by Gasteiger charge is -2.30. The smallest absolute Gasteiger partial charge is 0.416 e.